The first-order valence-electron chi connectivity index (χ1n) is 5.05. The summed E-state index contributed by atoms with van der Waals surface area (Å²) in [6.07, 6.45) is 6.58. The molecule has 1 aliphatic carbocycles. The molecule has 0 unspecified atom stereocenters. The van der Waals surface area contributed by atoms with Crippen LogP contribution in [-0.2, 0) is 0 Å². The molecule has 0 spiro atoms. The van der Waals surface area contributed by atoms with E-state index in [9.17, 15) is 4.79 Å². The largest absolute Gasteiger partial charge is 0.480 e. The Balaban J connectivity index is 2.32. The quantitative estimate of drug-likeness (QED) is 0.708. The van der Waals surface area contributed by atoms with Crippen LogP contribution in [0, 0.1) is 0 Å². The second-order valence-electron chi connectivity index (χ2n) is 3.51. The number of Topliss-reactive ketones (excluding diaryl/α,β-unsaturated/α-hetero) is 1. The number of pyridine rings is 1. The number of rotatable bonds is 3. The van der Waals surface area contributed by atoms with E-state index in [2.05, 4.69) is 4.98 Å². The number of nitrogens with zero attached hydrogens (tertiary/aromatic N) is 1. The normalized spacial score (nSPS) is 14.9. The van der Waals surface area contributed by atoms with Crippen LogP contribution in [-0.4, -0.2) is 17.9 Å². The number of ether oxygens (including phenoxy) is 1. The van der Waals surface area contributed by atoms with Gasteiger partial charge in [-0.05, 0) is 37.0 Å². The zero-order valence-electron chi connectivity index (χ0n) is 8.69. The lowest BCUT2D eigenvalue weighted by atomic mass is 10.0. The standard InChI is InChI=1S/C12H13NO2/c1-15-12-10(7-4-8-13-12)11(14)9-5-2-3-6-9/h4-5,7-8H,2-3,6H2,1H3. The Morgan fingerprint density at radius 1 is 1.53 bits per heavy atom. The highest BCUT2D eigenvalue weighted by molar-refractivity contribution is 6.10. The van der Waals surface area contributed by atoms with Crippen molar-refractivity contribution in [2.24, 2.45) is 0 Å². The molecule has 0 fully saturated rings. The Kier molecular flexibility index (Phi) is 2.81. The van der Waals surface area contributed by atoms with Gasteiger partial charge in [0, 0.05) is 6.20 Å². The maximum absolute atomic E-state index is 12.0. The van der Waals surface area contributed by atoms with E-state index in [4.69, 9.17) is 4.74 Å². The molecule has 0 radical (unpaired) electrons. The molecule has 1 heterocycles. The van der Waals surface area contributed by atoms with Gasteiger partial charge in [-0.15, -0.1) is 0 Å². The number of aromatic nitrogens is 1. The van der Waals surface area contributed by atoms with E-state index >= 15 is 0 Å². The van der Waals surface area contributed by atoms with Crippen LogP contribution in [0.3, 0.4) is 0 Å². The lowest BCUT2D eigenvalue weighted by Crippen LogP contribution is -2.05. The van der Waals surface area contributed by atoms with E-state index in [0.717, 1.165) is 24.8 Å². The van der Waals surface area contributed by atoms with Crippen molar-refractivity contribution in [1.29, 1.82) is 0 Å². The van der Waals surface area contributed by atoms with Crippen molar-refractivity contribution in [3.8, 4) is 5.88 Å². The number of hydrogen-bond donors (Lipinski definition) is 0. The third kappa shape index (κ3) is 1.91. The number of ketones is 1. The van der Waals surface area contributed by atoms with Gasteiger partial charge in [0.15, 0.2) is 5.78 Å². The van der Waals surface area contributed by atoms with Crippen LogP contribution in [0.1, 0.15) is 29.6 Å². The highest BCUT2D eigenvalue weighted by atomic mass is 16.5. The summed E-state index contributed by atoms with van der Waals surface area (Å²) < 4.78 is 5.07. The summed E-state index contributed by atoms with van der Waals surface area (Å²) in [5.74, 6) is 0.466. The molecule has 2 rings (SSSR count). The van der Waals surface area contributed by atoms with Gasteiger partial charge in [0.25, 0.3) is 0 Å². The van der Waals surface area contributed by atoms with Gasteiger partial charge in [-0.1, -0.05) is 6.08 Å². The molecule has 0 bridgehead atoms. The minimum absolute atomic E-state index is 0.0532. The number of hydrogen-bond acceptors (Lipinski definition) is 3. The fraction of sp³-hybridized carbons (Fsp3) is 0.333. The van der Waals surface area contributed by atoms with Crippen molar-refractivity contribution in [2.75, 3.05) is 7.11 Å². The molecule has 0 aliphatic heterocycles. The molecule has 1 aliphatic rings. The van der Waals surface area contributed by atoms with Gasteiger partial charge in [-0.2, -0.15) is 0 Å². The zero-order chi connectivity index (χ0) is 10.7. The van der Waals surface area contributed by atoms with Crippen LogP contribution in [0.15, 0.2) is 30.0 Å². The molecule has 15 heavy (non-hydrogen) atoms. The number of carbonyl (C=O) groups excluding carboxylic acids is 1. The van der Waals surface area contributed by atoms with Crippen LogP contribution in [0.25, 0.3) is 0 Å². The first-order chi connectivity index (χ1) is 7.33. The Labute approximate surface area is 88.8 Å². The monoisotopic (exact) mass is 203 g/mol. The average Bonchev–Trinajstić information content (AvgIpc) is 2.81. The van der Waals surface area contributed by atoms with Gasteiger partial charge in [-0.25, -0.2) is 4.98 Å². The van der Waals surface area contributed by atoms with Gasteiger partial charge < -0.3 is 4.74 Å². The SMILES string of the molecule is COc1ncccc1C(=O)C1=CCCC1. The summed E-state index contributed by atoms with van der Waals surface area (Å²) in [5, 5.41) is 0. The van der Waals surface area contributed by atoms with Crippen LogP contribution < -0.4 is 4.74 Å². The molecule has 3 nitrogen and oxygen atoms in total. The van der Waals surface area contributed by atoms with Gasteiger partial charge in [-0.3, -0.25) is 4.79 Å². The van der Waals surface area contributed by atoms with E-state index in [-0.39, 0.29) is 5.78 Å². The molecular formula is C12H13NO2. The third-order valence-corrected chi connectivity index (χ3v) is 2.54. The lowest BCUT2D eigenvalue weighted by Gasteiger charge is -2.05. The molecule has 78 valence electrons. The highest BCUT2D eigenvalue weighted by Gasteiger charge is 2.19. The summed E-state index contributed by atoms with van der Waals surface area (Å²) >= 11 is 0. The van der Waals surface area contributed by atoms with E-state index < -0.39 is 0 Å². The molecule has 0 N–H and O–H groups in total. The number of methoxy groups -OCH3 is 1. The molecule has 0 aromatic carbocycles. The summed E-state index contributed by atoms with van der Waals surface area (Å²) in [6.45, 7) is 0. The highest BCUT2D eigenvalue weighted by Crippen LogP contribution is 2.25. The lowest BCUT2D eigenvalue weighted by molar-refractivity contribution is 0.102. The Morgan fingerprint density at radius 3 is 3.07 bits per heavy atom. The van der Waals surface area contributed by atoms with Crippen molar-refractivity contribution >= 4 is 5.78 Å². The maximum Gasteiger partial charge on any atom is 0.224 e. The third-order valence-electron chi connectivity index (χ3n) is 2.54. The molecule has 0 saturated carbocycles. The van der Waals surface area contributed by atoms with Crippen molar-refractivity contribution in [2.45, 2.75) is 19.3 Å². The summed E-state index contributed by atoms with van der Waals surface area (Å²) in [5.41, 5.74) is 1.45. The molecule has 0 atom stereocenters. The van der Waals surface area contributed by atoms with E-state index in [1.807, 2.05) is 6.08 Å². The first kappa shape index (κ1) is 9.90. The van der Waals surface area contributed by atoms with E-state index in [1.54, 1.807) is 18.3 Å². The minimum atomic E-state index is 0.0532. The molecule has 1 aromatic heterocycles. The van der Waals surface area contributed by atoms with Crippen LogP contribution in [0.4, 0.5) is 0 Å². The maximum atomic E-state index is 12.0. The predicted molar refractivity (Wildman–Crippen MR) is 57.1 cm³/mol. The molecular weight excluding hydrogens is 190 g/mol. The fourth-order valence-corrected chi connectivity index (χ4v) is 1.78. The molecule has 1 aromatic rings. The second kappa shape index (κ2) is 4.26. The number of carbonyl (C=O) groups is 1. The van der Waals surface area contributed by atoms with E-state index in [1.165, 1.54) is 7.11 Å². The molecule has 0 saturated heterocycles. The van der Waals surface area contributed by atoms with Gasteiger partial charge in [0.05, 0.1) is 12.7 Å². The zero-order valence-corrected chi connectivity index (χ0v) is 8.69. The Bertz CT molecular complexity index is 410. The first-order valence-corrected chi connectivity index (χ1v) is 5.05. The Hall–Kier alpha value is -1.64. The van der Waals surface area contributed by atoms with Crippen LogP contribution in [0.2, 0.25) is 0 Å². The topological polar surface area (TPSA) is 39.2 Å². The summed E-state index contributed by atoms with van der Waals surface area (Å²) in [4.78, 5) is 16.1. The van der Waals surface area contributed by atoms with Crippen LogP contribution in [0.5, 0.6) is 5.88 Å². The average molecular weight is 203 g/mol. The summed E-state index contributed by atoms with van der Waals surface area (Å²) in [6, 6.07) is 3.51. The van der Waals surface area contributed by atoms with Crippen molar-refractivity contribution in [3.63, 3.8) is 0 Å². The van der Waals surface area contributed by atoms with Crippen molar-refractivity contribution in [1.82, 2.24) is 4.98 Å². The molecule has 3 heteroatoms. The predicted octanol–water partition coefficient (Wildman–Crippen LogP) is 2.38. The van der Waals surface area contributed by atoms with Gasteiger partial charge in [0.1, 0.15) is 0 Å². The smallest absolute Gasteiger partial charge is 0.224 e. The fourth-order valence-electron chi connectivity index (χ4n) is 1.78. The second-order valence-corrected chi connectivity index (χ2v) is 3.51. The minimum Gasteiger partial charge on any atom is -0.480 e. The van der Waals surface area contributed by atoms with E-state index in [0.29, 0.717) is 11.4 Å². The van der Waals surface area contributed by atoms with Crippen molar-refractivity contribution in [3.05, 3.63) is 35.5 Å². The number of allylic oxidation sites excluding steroid dienone is 2. The van der Waals surface area contributed by atoms with Crippen molar-refractivity contribution < 1.29 is 9.53 Å². The van der Waals surface area contributed by atoms with Gasteiger partial charge in [0.2, 0.25) is 5.88 Å². The molecule has 0 amide bonds. The van der Waals surface area contributed by atoms with Crippen LogP contribution >= 0.6 is 0 Å². The Morgan fingerprint density at radius 2 is 2.40 bits per heavy atom. The summed E-state index contributed by atoms with van der Waals surface area (Å²) in [7, 11) is 1.53. The van der Waals surface area contributed by atoms with Gasteiger partial charge >= 0.3 is 0 Å².